The fraction of sp³-hybridized carbons (Fsp3) is 0.200. The molecule has 1 aromatic carbocycles. The molecule has 6 nitrogen and oxygen atoms in total. The highest BCUT2D eigenvalue weighted by molar-refractivity contribution is 5.81. The number of phenolic OH excluding ortho intramolecular Hbond substituents is 1. The first kappa shape index (κ1) is 10.3. The molecule has 0 saturated carbocycles. The first-order valence-electron chi connectivity index (χ1n) is 4.72. The van der Waals surface area contributed by atoms with Gasteiger partial charge in [0.2, 0.25) is 0 Å². The highest BCUT2D eigenvalue weighted by Crippen LogP contribution is 2.20. The first-order valence-corrected chi connectivity index (χ1v) is 4.72. The lowest BCUT2D eigenvalue weighted by molar-refractivity contribution is -0.137. The minimum Gasteiger partial charge on any atom is -0.506 e. The van der Waals surface area contributed by atoms with Crippen LogP contribution in [0, 0.1) is 0 Å². The van der Waals surface area contributed by atoms with E-state index in [4.69, 9.17) is 5.11 Å². The van der Waals surface area contributed by atoms with E-state index in [0.29, 0.717) is 11.0 Å². The van der Waals surface area contributed by atoms with E-state index in [2.05, 4.69) is 4.98 Å². The van der Waals surface area contributed by atoms with Crippen LogP contribution in [-0.4, -0.2) is 25.7 Å². The van der Waals surface area contributed by atoms with E-state index in [0.717, 1.165) is 0 Å². The highest BCUT2D eigenvalue weighted by atomic mass is 16.4. The minimum atomic E-state index is -0.971. The number of para-hydroxylation sites is 1. The molecule has 84 valence electrons. The Morgan fingerprint density at radius 3 is 2.88 bits per heavy atom. The van der Waals surface area contributed by atoms with Gasteiger partial charge in [0.1, 0.15) is 11.3 Å². The molecule has 2 rings (SSSR count). The van der Waals surface area contributed by atoms with Crippen LogP contribution < -0.4 is 5.69 Å². The molecule has 0 saturated heterocycles. The highest BCUT2D eigenvalue weighted by Gasteiger charge is 2.10. The molecule has 0 aliphatic heterocycles. The number of carboxylic acid groups (broad SMARTS) is 1. The number of aromatic hydroxyl groups is 1. The van der Waals surface area contributed by atoms with Crippen LogP contribution in [-0.2, 0) is 11.3 Å². The number of hydrogen-bond donors (Lipinski definition) is 3. The maximum atomic E-state index is 11.5. The number of fused-ring (bicyclic) bond motifs is 1. The van der Waals surface area contributed by atoms with Crippen LogP contribution in [0.4, 0.5) is 0 Å². The summed E-state index contributed by atoms with van der Waals surface area (Å²) in [5, 5.41) is 18.0. The van der Waals surface area contributed by atoms with Crippen molar-refractivity contribution in [2.75, 3.05) is 0 Å². The molecule has 2 aromatic rings. The molecular formula is C10H10N2O4. The lowest BCUT2D eigenvalue weighted by Gasteiger charge is -2.00. The Morgan fingerprint density at radius 1 is 1.44 bits per heavy atom. The van der Waals surface area contributed by atoms with Crippen molar-refractivity contribution in [3.8, 4) is 5.75 Å². The van der Waals surface area contributed by atoms with Crippen LogP contribution >= 0.6 is 0 Å². The number of aromatic amines is 1. The monoisotopic (exact) mass is 222 g/mol. The molecule has 0 aliphatic rings. The second-order valence-corrected chi connectivity index (χ2v) is 3.40. The third-order valence-corrected chi connectivity index (χ3v) is 2.34. The maximum Gasteiger partial charge on any atom is 0.326 e. The predicted molar refractivity (Wildman–Crippen MR) is 56.5 cm³/mol. The van der Waals surface area contributed by atoms with E-state index in [1.165, 1.54) is 10.6 Å². The van der Waals surface area contributed by atoms with Crippen LogP contribution in [0.5, 0.6) is 5.75 Å². The quantitative estimate of drug-likeness (QED) is 0.705. The number of benzene rings is 1. The lowest BCUT2D eigenvalue weighted by Crippen LogP contribution is -2.18. The number of aliphatic carboxylic acids is 1. The summed E-state index contributed by atoms with van der Waals surface area (Å²) >= 11 is 0. The summed E-state index contributed by atoms with van der Waals surface area (Å²) in [5.41, 5.74) is 0.418. The van der Waals surface area contributed by atoms with Crippen molar-refractivity contribution < 1.29 is 15.0 Å². The van der Waals surface area contributed by atoms with E-state index in [1.807, 2.05) is 0 Å². The molecule has 0 bridgehead atoms. The van der Waals surface area contributed by atoms with Crippen LogP contribution in [0.1, 0.15) is 6.42 Å². The minimum absolute atomic E-state index is 0.0244. The molecule has 0 atom stereocenters. The fourth-order valence-corrected chi connectivity index (χ4v) is 1.59. The van der Waals surface area contributed by atoms with Crippen LogP contribution in [0.3, 0.4) is 0 Å². The third kappa shape index (κ3) is 1.65. The Hall–Kier alpha value is -2.24. The number of hydrogen-bond acceptors (Lipinski definition) is 3. The lowest BCUT2D eigenvalue weighted by atomic mass is 10.3. The van der Waals surface area contributed by atoms with E-state index >= 15 is 0 Å². The van der Waals surface area contributed by atoms with Gasteiger partial charge in [-0.25, -0.2) is 4.79 Å². The molecule has 0 aliphatic carbocycles. The molecule has 1 heterocycles. The van der Waals surface area contributed by atoms with E-state index < -0.39 is 11.7 Å². The number of aryl methyl sites for hydroxylation is 1. The summed E-state index contributed by atoms with van der Waals surface area (Å²) in [6.07, 6.45) is -0.136. The van der Waals surface area contributed by atoms with Crippen molar-refractivity contribution >= 4 is 17.0 Å². The molecule has 1 aromatic heterocycles. The van der Waals surface area contributed by atoms with Gasteiger partial charge < -0.3 is 15.2 Å². The Kier molecular flexibility index (Phi) is 2.40. The molecule has 0 fully saturated rings. The molecule has 16 heavy (non-hydrogen) atoms. The number of nitrogens with zero attached hydrogens (tertiary/aromatic N) is 1. The summed E-state index contributed by atoms with van der Waals surface area (Å²) in [7, 11) is 0. The van der Waals surface area contributed by atoms with Gasteiger partial charge in [0.05, 0.1) is 11.9 Å². The average Bonchev–Trinajstić information content (AvgIpc) is 2.53. The maximum absolute atomic E-state index is 11.5. The Bertz CT molecular complexity index is 596. The van der Waals surface area contributed by atoms with Crippen LogP contribution in [0.25, 0.3) is 11.0 Å². The number of phenols is 1. The van der Waals surface area contributed by atoms with E-state index in [-0.39, 0.29) is 18.7 Å². The van der Waals surface area contributed by atoms with Gasteiger partial charge in [-0.15, -0.1) is 0 Å². The molecule has 0 spiro atoms. The Morgan fingerprint density at radius 2 is 2.19 bits per heavy atom. The summed E-state index contributed by atoms with van der Waals surface area (Å²) in [6, 6.07) is 4.71. The summed E-state index contributed by atoms with van der Waals surface area (Å²) in [4.78, 5) is 24.4. The fourth-order valence-electron chi connectivity index (χ4n) is 1.59. The second-order valence-electron chi connectivity index (χ2n) is 3.40. The topological polar surface area (TPSA) is 95.3 Å². The van der Waals surface area contributed by atoms with Crippen molar-refractivity contribution in [3.63, 3.8) is 0 Å². The first-order chi connectivity index (χ1) is 7.59. The SMILES string of the molecule is O=C(O)CCn1c(=O)[nH]c2c(O)cccc21. The number of imidazole rings is 1. The molecule has 0 radical (unpaired) electrons. The van der Waals surface area contributed by atoms with Crippen molar-refractivity contribution in [1.29, 1.82) is 0 Å². The number of nitrogens with one attached hydrogen (secondary N) is 1. The van der Waals surface area contributed by atoms with Gasteiger partial charge in [-0.2, -0.15) is 0 Å². The normalized spacial score (nSPS) is 10.8. The Labute approximate surface area is 89.8 Å². The number of H-pyrrole nitrogens is 1. The number of aromatic nitrogens is 2. The van der Waals surface area contributed by atoms with Crippen LogP contribution in [0.2, 0.25) is 0 Å². The summed E-state index contributed by atoms with van der Waals surface area (Å²) in [5.74, 6) is -0.995. The van der Waals surface area contributed by atoms with Gasteiger partial charge in [-0.3, -0.25) is 9.36 Å². The predicted octanol–water partition coefficient (Wildman–Crippen LogP) is 0.510. The summed E-state index contributed by atoms with van der Waals surface area (Å²) in [6.45, 7) is 0.0810. The Balaban J connectivity index is 2.52. The van der Waals surface area contributed by atoms with Gasteiger partial charge in [-0.1, -0.05) is 6.07 Å². The van der Waals surface area contributed by atoms with Crippen LogP contribution in [0.15, 0.2) is 23.0 Å². The van der Waals surface area contributed by atoms with E-state index in [9.17, 15) is 14.7 Å². The van der Waals surface area contributed by atoms with Crippen molar-refractivity contribution in [2.45, 2.75) is 13.0 Å². The standard InChI is InChI=1S/C10H10N2O4/c13-7-3-1-2-6-9(7)11-10(16)12(6)5-4-8(14)15/h1-3,13H,4-5H2,(H,11,16)(H,14,15). The number of carbonyl (C=O) groups is 1. The molecular weight excluding hydrogens is 212 g/mol. The second kappa shape index (κ2) is 3.73. The van der Waals surface area contributed by atoms with E-state index in [1.54, 1.807) is 12.1 Å². The van der Waals surface area contributed by atoms with Gasteiger partial charge in [0.15, 0.2) is 0 Å². The molecule has 0 unspecified atom stereocenters. The largest absolute Gasteiger partial charge is 0.506 e. The van der Waals surface area contributed by atoms with Crippen molar-refractivity contribution in [2.24, 2.45) is 0 Å². The number of rotatable bonds is 3. The van der Waals surface area contributed by atoms with Crippen molar-refractivity contribution in [1.82, 2.24) is 9.55 Å². The van der Waals surface area contributed by atoms with Gasteiger partial charge in [0, 0.05) is 6.54 Å². The summed E-state index contributed by atoms with van der Waals surface area (Å²) < 4.78 is 1.29. The zero-order valence-electron chi connectivity index (χ0n) is 8.30. The molecule has 6 heteroatoms. The average molecular weight is 222 g/mol. The van der Waals surface area contributed by atoms with Gasteiger partial charge in [0.25, 0.3) is 0 Å². The zero-order chi connectivity index (χ0) is 11.7. The number of carboxylic acids is 1. The molecule has 3 N–H and O–H groups in total. The third-order valence-electron chi connectivity index (χ3n) is 2.34. The molecule has 0 amide bonds. The van der Waals surface area contributed by atoms with Gasteiger partial charge >= 0.3 is 11.7 Å². The smallest absolute Gasteiger partial charge is 0.326 e. The van der Waals surface area contributed by atoms with Gasteiger partial charge in [-0.05, 0) is 12.1 Å². The zero-order valence-corrected chi connectivity index (χ0v) is 8.30. The van der Waals surface area contributed by atoms with Crippen molar-refractivity contribution in [3.05, 3.63) is 28.7 Å².